The van der Waals surface area contributed by atoms with Crippen molar-refractivity contribution < 1.29 is 17.9 Å². The molecular formula is C19H18N2O4S. The summed E-state index contributed by atoms with van der Waals surface area (Å²) in [6, 6.07) is 14.2. The molecular weight excluding hydrogens is 352 g/mol. The van der Waals surface area contributed by atoms with E-state index in [9.17, 15) is 18.5 Å². The van der Waals surface area contributed by atoms with Gasteiger partial charge >= 0.3 is 0 Å². The van der Waals surface area contributed by atoms with E-state index in [2.05, 4.69) is 0 Å². The van der Waals surface area contributed by atoms with E-state index in [0.717, 1.165) is 6.26 Å². The fourth-order valence-electron chi connectivity index (χ4n) is 2.13. The van der Waals surface area contributed by atoms with Crippen molar-refractivity contribution in [3.05, 3.63) is 71.6 Å². The fourth-order valence-corrected chi connectivity index (χ4v) is 2.76. The SMILES string of the molecule is CN(C)/C=C(/Oc1ccccc1C#N)C(=O)c1ccc(S(C)(=O)=O)cc1. The summed E-state index contributed by atoms with van der Waals surface area (Å²) in [7, 11) is 0.128. The fraction of sp³-hybridized carbons (Fsp3) is 0.158. The van der Waals surface area contributed by atoms with E-state index in [-0.39, 0.29) is 22.0 Å². The summed E-state index contributed by atoms with van der Waals surface area (Å²) in [6.07, 6.45) is 2.60. The van der Waals surface area contributed by atoms with Crippen molar-refractivity contribution in [3.8, 4) is 11.8 Å². The molecule has 0 spiro atoms. The van der Waals surface area contributed by atoms with Crippen LogP contribution in [0.1, 0.15) is 15.9 Å². The van der Waals surface area contributed by atoms with E-state index in [1.807, 2.05) is 6.07 Å². The number of sulfone groups is 1. The maximum Gasteiger partial charge on any atom is 0.229 e. The molecule has 7 heteroatoms. The number of ether oxygens (including phenoxy) is 1. The van der Waals surface area contributed by atoms with Gasteiger partial charge in [0.25, 0.3) is 0 Å². The van der Waals surface area contributed by atoms with E-state index in [1.165, 1.54) is 30.5 Å². The first-order chi connectivity index (χ1) is 12.2. The van der Waals surface area contributed by atoms with Crippen molar-refractivity contribution in [1.29, 1.82) is 5.26 Å². The number of benzene rings is 2. The Kier molecular flexibility index (Phi) is 5.80. The number of nitrogens with zero attached hydrogens (tertiary/aromatic N) is 2. The van der Waals surface area contributed by atoms with E-state index in [1.54, 1.807) is 43.3 Å². The zero-order chi connectivity index (χ0) is 19.3. The lowest BCUT2D eigenvalue weighted by Crippen LogP contribution is -2.15. The number of carbonyl (C=O) groups is 1. The molecule has 0 atom stereocenters. The summed E-state index contributed by atoms with van der Waals surface area (Å²) < 4.78 is 28.8. The summed E-state index contributed by atoms with van der Waals surface area (Å²) in [4.78, 5) is 14.6. The molecule has 0 saturated heterocycles. The number of hydrogen-bond donors (Lipinski definition) is 0. The van der Waals surface area contributed by atoms with Crippen LogP contribution in [-0.4, -0.2) is 39.5 Å². The molecule has 0 aliphatic carbocycles. The molecule has 0 aliphatic rings. The lowest BCUT2D eigenvalue weighted by molar-refractivity contribution is 0.0982. The second-order valence-electron chi connectivity index (χ2n) is 5.79. The Bertz CT molecular complexity index is 985. The molecule has 0 saturated carbocycles. The summed E-state index contributed by atoms with van der Waals surface area (Å²) in [5.41, 5.74) is 0.581. The van der Waals surface area contributed by atoms with Crippen LogP contribution in [0.4, 0.5) is 0 Å². The zero-order valence-corrected chi connectivity index (χ0v) is 15.4. The minimum atomic E-state index is -3.34. The zero-order valence-electron chi connectivity index (χ0n) is 14.6. The first-order valence-electron chi connectivity index (χ1n) is 7.62. The second kappa shape index (κ2) is 7.85. The normalized spacial score (nSPS) is 11.5. The van der Waals surface area contributed by atoms with Crippen LogP contribution in [0.25, 0.3) is 0 Å². The molecule has 0 bridgehead atoms. The van der Waals surface area contributed by atoms with E-state index in [4.69, 9.17) is 4.74 Å². The molecule has 0 heterocycles. The minimum Gasteiger partial charge on any atom is -0.450 e. The molecule has 0 amide bonds. The molecule has 2 rings (SSSR count). The maximum atomic E-state index is 12.8. The smallest absolute Gasteiger partial charge is 0.229 e. The molecule has 2 aromatic carbocycles. The summed E-state index contributed by atoms with van der Waals surface area (Å²) >= 11 is 0. The van der Waals surface area contributed by atoms with E-state index in [0.29, 0.717) is 5.56 Å². The monoisotopic (exact) mass is 370 g/mol. The summed E-state index contributed by atoms with van der Waals surface area (Å²) in [5, 5.41) is 9.17. The van der Waals surface area contributed by atoms with Crippen LogP contribution in [0.2, 0.25) is 0 Å². The number of para-hydroxylation sites is 1. The topological polar surface area (TPSA) is 87.5 Å². The van der Waals surface area contributed by atoms with E-state index < -0.39 is 15.6 Å². The number of carbonyl (C=O) groups excluding carboxylic acids is 1. The number of ketones is 1. The third-order valence-electron chi connectivity index (χ3n) is 3.37. The first kappa shape index (κ1) is 19.2. The van der Waals surface area contributed by atoms with Crippen molar-refractivity contribution in [2.45, 2.75) is 4.90 Å². The lowest BCUT2D eigenvalue weighted by atomic mass is 10.1. The highest BCUT2D eigenvalue weighted by Gasteiger charge is 2.18. The third kappa shape index (κ3) is 4.71. The lowest BCUT2D eigenvalue weighted by Gasteiger charge is -2.14. The number of hydrogen-bond acceptors (Lipinski definition) is 6. The van der Waals surface area contributed by atoms with Gasteiger partial charge in [-0.3, -0.25) is 4.79 Å². The van der Waals surface area contributed by atoms with Crippen LogP contribution in [0.15, 0.2) is 65.4 Å². The van der Waals surface area contributed by atoms with Crippen molar-refractivity contribution in [2.24, 2.45) is 0 Å². The van der Waals surface area contributed by atoms with Crippen LogP contribution < -0.4 is 4.74 Å². The maximum absolute atomic E-state index is 12.8. The largest absolute Gasteiger partial charge is 0.450 e. The quantitative estimate of drug-likeness (QED) is 0.441. The molecule has 0 aliphatic heterocycles. The highest BCUT2D eigenvalue weighted by atomic mass is 32.2. The number of allylic oxidation sites excluding steroid dienone is 1. The van der Waals surface area contributed by atoms with Crippen LogP contribution in [-0.2, 0) is 9.84 Å². The van der Waals surface area contributed by atoms with Crippen molar-refractivity contribution in [2.75, 3.05) is 20.4 Å². The van der Waals surface area contributed by atoms with Gasteiger partial charge in [-0.1, -0.05) is 12.1 Å². The number of rotatable bonds is 6. The number of Topliss-reactive ketones (excluding diaryl/α,β-unsaturated/α-hetero) is 1. The van der Waals surface area contributed by atoms with Gasteiger partial charge in [-0.05, 0) is 36.4 Å². The predicted molar refractivity (Wildman–Crippen MR) is 97.4 cm³/mol. The molecule has 2 aromatic rings. The molecule has 134 valence electrons. The Morgan fingerprint density at radius 2 is 1.73 bits per heavy atom. The van der Waals surface area contributed by atoms with E-state index >= 15 is 0 Å². The second-order valence-corrected chi connectivity index (χ2v) is 7.81. The summed E-state index contributed by atoms with van der Waals surface area (Å²) in [6.45, 7) is 0. The van der Waals surface area contributed by atoms with Gasteiger partial charge in [0.1, 0.15) is 11.8 Å². The molecule has 6 nitrogen and oxygen atoms in total. The Labute approximate surface area is 152 Å². The van der Waals surface area contributed by atoms with Gasteiger partial charge in [0, 0.05) is 32.1 Å². The standard InChI is InChI=1S/C19H18N2O4S/c1-21(2)13-18(25-17-7-5-4-6-15(17)12-20)19(22)14-8-10-16(11-9-14)26(3,23)24/h4-11,13H,1-3H3/b18-13+. The van der Waals surface area contributed by atoms with Gasteiger partial charge in [-0.15, -0.1) is 0 Å². The summed E-state index contributed by atoms with van der Waals surface area (Å²) in [5.74, 6) is -0.138. The molecule has 0 fully saturated rings. The van der Waals surface area contributed by atoms with Crippen LogP contribution in [0.3, 0.4) is 0 Å². The predicted octanol–water partition coefficient (Wildman–Crippen LogP) is 2.63. The van der Waals surface area contributed by atoms with Crippen LogP contribution >= 0.6 is 0 Å². The molecule has 0 N–H and O–H groups in total. The Morgan fingerprint density at radius 3 is 2.27 bits per heavy atom. The highest BCUT2D eigenvalue weighted by Crippen LogP contribution is 2.22. The average Bonchev–Trinajstić information content (AvgIpc) is 2.60. The van der Waals surface area contributed by atoms with Crippen molar-refractivity contribution >= 4 is 15.6 Å². The molecule has 0 aromatic heterocycles. The van der Waals surface area contributed by atoms with Gasteiger partial charge < -0.3 is 9.64 Å². The van der Waals surface area contributed by atoms with Gasteiger partial charge in [0.2, 0.25) is 5.78 Å². The van der Waals surface area contributed by atoms with Gasteiger partial charge in [-0.25, -0.2) is 8.42 Å². The van der Waals surface area contributed by atoms with Gasteiger partial charge in [0.05, 0.1) is 10.5 Å². The first-order valence-corrected chi connectivity index (χ1v) is 9.51. The Balaban J connectivity index is 2.38. The van der Waals surface area contributed by atoms with Crippen molar-refractivity contribution in [1.82, 2.24) is 4.90 Å². The highest BCUT2D eigenvalue weighted by molar-refractivity contribution is 7.90. The van der Waals surface area contributed by atoms with Crippen LogP contribution in [0, 0.1) is 11.3 Å². The van der Waals surface area contributed by atoms with Gasteiger partial charge in [-0.2, -0.15) is 5.26 Å². The molecule has 0 radical (unpaired) electrons. The third-order valence-corrected chi connectivity index (χ3v) is 4.50. The number of nitriles is 1. The minimum absolute atomic E-state index is 0.0183. The Morgan fingerprint density at radius 1 is 1.12 bits per heavy atom. The Hall–Kier alpha value is -3.11. The van der Waals surface area contributed by atoms with Crippen molar-refractivity contribution in [3.63, 3.8) is 0 Å². The average molecular weight is 370 g/mol. The molecule has 26 heavy (non-hydrogen) atoms. The van der Waals surface area contributed by atoms with Crippen LogP contribution in [0.5, 0.6) is 5.75 Å². The van der Waals surface area contributed by atoms with Gasteiger partial charge in [0.15, 0.2) is 15.6 Å². The molecule has 0 unspecified atom stereocenters.